The van der Waals surface area contributed by atoms with E-state index in [1.165, 1.54) is 22.8 Å². The van der Waals surface area contributed by atoms with Gasteiger partial charge in [0.2, 0.25) is 0 Å². The number of para-hydroxylation sites is 1. The van der Waals surface area contributed by atoms with E-state index in [9.17, 15) is 13.6 Å². The highest BCUT2D eigenvalue weighted by Crippen LogP contribution is 2.22. The highest BCUT2D eigenvalue weighted by atomic mass is 19.1. The summed E-state index contributed by atoms with van der Waals surface area (Å²) in [4.78, 5) is 17.7. The lowest BCUT2D eigenvalue weighted by Gasteiger charge is -2.15. The molecule has 4 aromatic rings. The Labute approximate surface area is 154 Å². The summed E-state index contributed by atoms with van der Waals surface area (Å²) in [5.41, 5.74) is 1.82. The molecular weight excluding hydrogens is 346 g/mol. The van der Waals surface area contributed by atoms with E-state index in [4.69, 9.17) is 0 Å². The number of halogens is 2. The number of fused-ring (bicyclic) bond motifs is 1. The van der Waals surface area contributed by atoms with E-state index in [1.54, 1.807) is 24.3 Å². The number of nitrogens with zero attached hydrogens (tertiary/aromatic N) is 2. The SMILES string of the molecule is Cc1ccc(-c2nc3ccccc3c(=O)n2Cc2c(F)cccc2F)cc1. The van der Waals surface area contributed by atoms with E-state index < -0.39 is 11.6 Å². The highest BCUT2D eigenvalue weighted by Gasteiger charge is 2.16. The van der Waals surface area contributed by atoms with Crippen molar-refractivity contribution in [2.24, 2.45) is 0 Å². The summed E-state index contributed by atoms with van der Waals surface area (Å²) >= 11 is 0. The third-order valence-electron chi connectivity index (χ3n) is 4.55. The number of hydrogen-bond acceptors (Lipinski definition) is 2. The largest absolute Gasteiger partial charge is 0.287 e. The average molecular weight is 362 g/mol. The summed E-state index contributed by atoms with van der Waals surface area (Å²) < 4.78 is 29.7. The minimum atomic E-state index is -0.690. The van der Waals surface area contributed by atoms with Crippen LogP contribution in [0.4, 0.5) is 8.78 Å². The van der Waals surface area contributed by atoms with Crippen LogP contribution in [0.1, 0.15) is 11.1 Å². The first-order valence-electron chi connectivity index (χ1n) is 8.54. The van der Waals surface area contributed by atoms with E-state index >= 15 is 0 Å². The normalized spacial score (nSPS) is 11.1. The first-order chi connectivity index (χ1) is 13.0. The average Bonchev–Trinajstić information content (AvgIpc) is 2.67. The van der Waals surface area contributed by atoms with Gasteiger partial charge in [-0.15, -0.1) is 0 Å². The molecule has 1 heterocycles. The third-order valence-corrected chi connectivity index (χ3v) is 4.55. The smallest absolute Gasteiger partial charge is 0.261 e. The molecule has 4 rings (SSSR count). The first kappa shape index (κ1) is 17.1. The van der Waals surface area contributed by atoms with Crippen LogP contribution in [-0.2, 0) is 6.54 Å². The van der Waals surface area contributed by atoms with Crippen LogP contribution in [0, 0.1) is 18.6 Å². The van der Waals surface area contributed by atoms with Crippen molar-refractivity contribution in [3.05, 3.63) is 99.8 Å². The predicted octanol–water partition coefficient (Wildman–Crippen LogP) is 4.70. The van der Waals surface area contributed by atoms with E-state index in [0.717, 1.165) is 5.56 Å². The van der Waals surface area contributed by atoms with Crippen molar-refractivity contribution >= 4 is 10.9 Å². The third kappa shape index (κ3) is 3.12. The van der Waals surface area contributed by atoms with Crippen molar-refractivity contribution in [3.8, 4) is 11.4 Å². The van der Waals surface area contributed by atoms with Crippen molar-refractivity contribution in [2.75, 3.05) is 0 Å². The summed E-state index contributed by atoms with van der Waals surface area (Å²) in [5, 5.41) is 0.408. The Balaban J connectivity index is 1.99. The van der Waals surface area contributed by atoms with Crippen molar-refractivity contribution in [2.45, 2.75) is 13.5 Å². The van der Waals surface area contributed by atoms with Crippen molar-refractivity contribution in [1.29, 1.82) is 0 Å². The molecule has 3 nitrogen and oxygen atoms in total. The molecule has 5 heteroatoms. The van der Waals surface area contributed by atoms with Gasteiger partial charge in [-0.05, 0) is 31.2 Å². The van der Waals surface area contributed by atoms with E-state index in [0.29, 0.717) is 22.3 Å². The van der Waals surface area contributed by atoms with Crippen LogP contribution in [0.5, 0.6) is 0 Å². The molecule has 27 heavy (non-hydrogen) atoms. The summed E-state index contributed by atoms with van der Waals surface area (Å²) in [5.74, 6) is -1.00. The Morgan fingerprint density at radius 3 is 2.26 bits per heavy atom. The Bertz CT molecular complexity index is 1180. The second-order valence-corrected chi connectivity index (χ2v) is 6.41. The van der Waals surface area contributed by atoms with Crippen LogP contribution >= 0.6 is 0 Å². The molecule has 0 aliphatic rings. The zero-order valence-electron chi connectivity index (χ0n) is 14.6. The molecule has 0 amide bonds. The van der Waals surface area contributed by atoms with Gasteiger partial charge in [-0.1, -0.05) is 48.0 Å². The fourth-order valence-corrected chi connectivity index (χ4v) is 3.08. The van der Waals surface area contributed by atoms with Gasteiger partial charge < -0.3 is 0 Å². The van der Waals surface area contributed by atoms with Gasteiger partial charge in [0.05, 0.1) is 17.4 Å². The predicted molar refractivity (Wildman–Crippen MR) is 102 cm³/mol. The number of aromatic nitrogens is 2. The van der Waals surface area contributed by atoms with Crippen molar-refractivity contribution < 1.29 is 8.78 Å². The highest BCUT2D eigenvalue weighted by molar-refractivity contribution is 5.79. The molecule has 0 spiro atoms. The van der Waals surface area contributed by atoms with E-state index in [2.05, 4.69) is 4.98 Å². The number of rotatable bonds is 3. The molecule has 0 N–H and O–H groups in total. The second-order valence-electron chi connectivity index (χ2n) is 6.41. The lowest BCUT2D eigenvalue weighted by Crippen LogP contribution is -2.25. The van der Waals surface area contributed by atoms with Gasteiger partial charge in [-0.25, -0.2) is 13.8 Å². The number of hydrogen-bond donors (Lipinski definition) is 0. The van der Waals surface area contributed by atoms with Crippen molar-refractivity contribution in [1.82, 2.24) is 9.55 Å². The second kappa shape index (κ2) is 6.76. The van der Waals surface area contributed by atoms with Gasteiger partial charge in [0, 0.05) is 11.1 Å². The topological polar surface area (TPSA) is 34.9 Å². The van der Waals surface area contributed by atoms with E-state index in [-0.39, 0.29) is 17.7 Å². The van der Waals surface area contributed by atoms with Crippen LogP contribution in [-0.4, -0.2) is 9.55 Å². The molecule has 134 valence electrons. The molecule has 0 atom stereocenters. The van der Waals surface area contributed by atoms with Crippen molar-refractivity contribution in [3.63, 3.8) is 0 Å². The standard InChI is InChI=1S/C22H16F2N2O/c1-14-9-11-15(12-10-14)21-25-20-8-3-2-5-16(20)22(27)26(21)13-17-18(23)6-4-7-19(17)24/h2-12H,13H2,1H3. The summed E-state index contributed by atoms with van der Waals surface area (Å²) in [6.45, 7) is 1.72. The molecule has 0 saturated carbocycles. The molecule has 0 aliphatic carbocycles. The Morgan fingerprint density at radius 2 is 1.56 bits per heavy atom. The number of aryl methyl sites for hydroxylation is 1. The molecular formula is C22H16F2N2O. The van der Waals surface area contributed by atoms with Gasteiger partial charge in [-0.3, -0.25) is 9.36 Å². The fourth-order valence-electron chi connectivity index (χ4n) is 3.08. The van der Waals surface area contributed by atoms with Gasteiger partial charge in [0.1, 0.15) is 17.5 Å². The molecule has 0 radical (unpaired) electrons. The lowest BCUT2D eigenvalue weighted by atomic mass is 10.1. The summed E-state index contributed by atoms with van der Waals surface area (Å²) in [7, 11) is 0. The summed E-state index contributed by atoms with van der Waals surface area (Å²) in [6, 6.07) is 18.1. The maximum atomic E-state index is 14.2. The molecule has 0 bridgehead atoms. The summed E-state index contributed by atoms with van der Waals surface area (Å²) in [6.07, 6.45) is 0. The van der Waals surface area contributed by atoms with Crippen LogP contribution in [0.2, 0.25) is 0 Å². The lowest BCUT2D eigenvalue weighted by molar-refractivity contribution is 0.542. The van der Waals surface area contributed by atoms with Gasteiger partial charge in [0.15, 0.2) is 0 Å². The van der Waals surface area contributed by atoms with Crippen LogP contribution in [0.15, 0.2) is 71.5 Å². The molecule has 0 aliphatic heterocycles. The maximum absolute atomic E-state index is 14.2. The first-order valence-corrected chi connectivity index (χ1v) is 8.54. The molecule has 0 fully saturated rings. The Hall–Kier alpha value is -3.34. The quantitative estimate of drug-likeness (QED) is 0.530. The molecule has 1 aromatic heterocycles. The van der Waals surface area contributed by atoms with Crippen LogP contribution in [0.25, 0.3) is 22.3 Å². The number of benzene rings is 3. The molecule has 3 aromatic carbocycles. The monoisotopic (exact) mass is 362 g/mol. The van der Waals surface area contributed by atoms with Gasteiger partial charge in [-0.2, -0.15) is 0 Å². The fraction of sp³-hybridized carbons (Fsp3) is 0.0909. The zero-order chi connectivity index (χ0) is 19.0. The molecule has 0 saturated heterocycles. The Morgan fingerprint density at radius 1 is 0.889 bits per heavy atom. The Kier molecular flexibility index (Phi) is 4.28. The van der Waals surface area contributed by atoms with Gasteiger partial charge in [0.25, 0.3) is 5.56 Å². The zero-order valence-corrected chi connectivity index (χ0v) is 14.6. The van der Waals surface area contributed by atoms with Gasteiger partial charge >= 0.3 is 0 Å². The minimum absolute atomic E-state index is 0.162. The molecule has 0 unspecified atom stereocenters. The maximum Gasteiger partial charge on any atom is 0.261 e. The van der Waals surface area contributed by atoms with Crippen LogP contribution in [0.3, 0.4) is 0 Å². The minimum Gasteiger partial charge on any atom is -0.287 e. The van der Waals surface area contributed by atoms with E-state index in [1.807, 2.05) is 31.2 Å². The van der Waals surface area contributed by atoms with Crippen LogP contribution < -0.4 is 5.56 Å².